The van der Waals surface area contributed by atoms with Crippen LogP contribution in [0, 0.1) is 5.82 Å². The van der Waals surface area contributed by atoms with E-state index in [4.69, 9.17) is 28.8 Å². The number of hydrogen-bond acceptors (Lipinski definition) is 6. The molecule has 0 spiro atoms. The summed E-state index contributed by atoms with van der Waals surface area (Å²) in [5.41, 5.74) is 19.9. The smallest absolute Gasteiger partial charge is 0.353 e. The van der Waals surface area contributed by atoms with Gasteiger partial charge in [-0.05, 0) is 67.6 Å². The second kappa shape index (κ2) is 11.9. The van der Waals surface area contributed by atoms with Gasteiger partial charge in [-0.25, -0.2) is 9.18 Å². The molecule has 0 unspecified atom stereocenters. The summed E-state index contributed by atoms with van der Waals surface area (Å²) in [5, 5.41) is 3.29. The van der Waals surface area contributed by atoms with E-state index in [1.54, 1.807) is 48.7 Å². The highest BCUT2D eigenvalue weighted by Gasteiger charge is 2.17. The molecular weight excluding hydrogens is 509 g/mol. The Morgan fingerprint density at radius 2 is 1.95 bits per heavy atom. The first kappa shape index (κ1) is 27.5. The summed E-state index contributed by atoms with van der Waals surface area (Å²) in [6.45, 7) is 2.60. The molecule has 0 radical (unpaired) electrons. The van der Waals surface area contributed by atoms with Crippen LogP contribution in [0.5, 0.6) is 0 Å². The third-order valence-electron chi connectivity index (χ3n) is 6.27. The van der Waals surface area contributed by atoms with E-state index >= 15 is 0 Å². The number of aromatic nitrogens is 3. The lowest BCUT2D eigenvalue weighted by molar-refractivity contribution is -0.122. The summed E-state index contributed by atoms with van der Waals surface area (Å²) < 4.78 is 16.4. The zero-order valence-electron chi connectivity index (χ0n) is 21.0. The van der Waals surface area contributed by atoms with Gasteiger partial charge < -0.3 is 27.5 Å². The number of halogens is 2. The fraction of sp³-hybridized carbons (Fsp3) is 0.296. The van der Waals surface area contributed by atoms with Crippen LogP contribution in [-0.4, -0.2) is 39.6 Å². The van der Waals surface area contributed by atoms with Gasteiger partial charge >= 0.3 is 5.69 Å². The SMILES string of the molecule is C[C@H](N)CCCc1cc(Cl)c(F)c(-c2cc3cn(-c4ccc([C@H](N)C(=O)NCCN)cc4)c(=O)nc3[nH]2)c1. The van der Waals surface area contributed by atoms with Crippen LogP contribution >= 0.6 is 11.6 Å². The van der Waals surface area contributed by atoms with Crippen molar-refractivity contribution in [3.8, 4) is 16.9 Å². The number of carbonyl (C=O) groups excluding carboxylic acids is 1. The van der Waals surface area contributed by atoms with Crippen LogP contribution in [0.25, 0.3) is 28.0 Å². The largest absolute Gasteiger partial charge is 0.354 e. The Balaban J connectivity index is 1.63. The summed E-state index contributed by atoms with van der Waals surface area (Å²) in [4.78, 5) is 32.1. The second-order valence-electron chi connectivity index (χ2n) is 9.34. The molecule has 0 bridgehead atoms. The van der Waals surface area contributed by atoms with Crippen molar-refractivity contribution < 1.29 is 9.18 Å². The van der Waals surface area contributed by atoms with Gasteiger partial charge in [-0.1, -0.05) is 23.7 Å². The number of aromatic amines is 1. The van der Waals surface area contributed by atoms with Gasteiger partial charge in [0.2, 0.25) is 5.91 Å². The predicted molar refractivity (Wildman–Crippen MR) is 148 cm³/mol. The number of aryl methyl sites for hydroxylation is 1. The number of H-pyrrole nitrogens is 1. The van der Waals surface area contributed by atoms with Crippen molar-refractivity contribution in [2.75, 3.05) is 13.1 Å². The number of carbonyl (C=O) groups is 1. The number of nitrogens with one attached hydrogen (secondary N) is 2. The Morgan fingerprint density at radius 3 is 2.63 bits per heavy atom. The molecule has 0 fully saturated rings. The molecule has 0 saturated heterocycles. The molecule has 0 saturated carbocycles. The summed E-state index contributed by atoms with van der Waals surface area (Å²) in [6.07, 6.45) is 4.04. The fourth-order valence-electron chi connectivity index (χ4n) is 4.24. The van der Waals surface area contributed by atoms with E-state index in [9.17, 15) is 14.0 Å². The molecular formula is C27H31ClFN7O2. The van der Waals surface area contributed by atoms with E-state index < -0.39 is 17.5 Å². The van der Waals surface area contributed by atoms with Crippen molar-refractivity contribution in [2.24, 2.45) is 17.2 Å². The summed E-state index contributed by atoms with van der Waals surface area (Å²) in [5.74, 6) is -0.888. The first-order valence-corrected chi connectivity index (χ1v) is 12.8. The van der Waals surface area contributed by atoms with Gasteiger partial charge in [0.05, 0.1) is 16.4 Å². The number of rotatable bonds is 10. The van der Waals surface area contributed by atoms with Gasteiger partial charge in [0.1, 0.15) is 11.7 Å². The van der Waals surface area contributed by atoms with Crippen molar-refractivity contribution in [3.63, 3.8) is 0 Å². The average Bonchev–Trinajstić information content (AvgIpc) is 3.30. The topological polar surface area (TPSA) is 158 Å². The van der Waals surface area contributed by atoms with Gasteiger partial charge in [0.25, 0.3) is 0 Å². The van der Waals surface area contributed by atoms with E-state index in [1.807, 2.05) is 6.92 Å². The minimum absolute atomic E-state index is 0.0273. The summed E-state index contributed by atoms with van der Waals surface area (Å²) >= 11 is 6.20. The van der Waals surface area contributed by atoms with Crippen molar-refractivity contribution in [3.05, 3.63) is 81.1 Å². The van der Waals surface area contributed by atoms with Gasteiger partial charge in [-0.15, -0.1) is 0 Å². The molecule has 0 aliphatic rings. The molecule has 38 heavy (non-hydrogen) atoms. The Labute approximate surface area is 224 Å². The summed E-state index contributed by atoms with van der Waals surface area (Å²) in [6, 6.07) is 11.0. The molecule has 4 aromatic rings. The van der Waals surface area contributed by atoms with Gasteiger partial charge in [-0.3, -0.25) is 9.36 Å². The van der Waals surface area contributed by atoms with Crippen molar-refractivity contribution in [1.82, 2.24) is 19.9 Å². The van der Waals surface area contributed by atoms with E-state index in [-0.39, 0.29) is 17.0 Å². The number of benzene rings is 2. The summed E-state index contributed by atoms with van der Waals surface area (Å²) in [7, 11) is 0. The Hall–Kier alpha value is -3.57. The third-order valence-corrected chi connectivity index (χ3v) is 6.54. The lowest BCUT2D eigenvalue weighted by atomic mass is 10.0. The predicted octanol–water partition coefficient (Wildman–Crippen LogP) is 2.92. The number of amides is 1. The van der Waals surface area contributed by atoms with Crippen LogP contribution in [-0.2, 0) is 11.2 Å². The molecule has 8 N–H and O–H groups in total. The Kier molecular flexibility index (Phi) is 8.58. The van der Waals surface area contributed by atoms with Gasteiger partial charge in [-0.2, -0.15) is 4.98 Å². The molecule has 2 aromatic carbocycles. The number of nitrogens with two attached hydrogens (primary N) is 3. The third kappa shape index (κ3) is 6.11. The highest BCUT2D eigenvalue weighted by atomic mass is 35.5. The molecule has 0 aliphatic heterocycles. The maximum Gasteiger partial charge on any atom is 0.354 e. The Morgan fingerprint density at radius 1 is 1.21 bits per heavy atom. The van der Waals surface area contributed by atoms with Crippen molar-refractivity contribution >= 4 is 28.5 Å². The normalized spacial score (nSPS) is 13.0. The van der Waals surface area contributed by atoms with Crippen LogP contribution in [0.2, 0.25) is 5.02 Å². The molecule has 4 rings (SSSR count). The van der Waals surface area contributed by atoms with Crippen LogP contribution in [0.15, 0.2) is 53.5 Å². The fourth-order valence-corrected chi connectivity index (χ4v) is 4.48. The van der Waals surface area contributed by atoms with Crippen molar-refractivity contribution in [1.29, 1.82) is 0 Å². The quantitative estimate of drug-likeness (QED) is 0.208. The molecule has 1 amide bonds. The molecule has 11 heteroatoms. The first-order chi connectivity index (χ1) is 18.2. The van der Waals surface area contributed by atoms with E-state index in [0.717, 1.165) is 18.4 Å². The minimum Gasteiger partial charge on any atom is -0.353 e. The van der Waals surface area contributed by atoms with E-state index in [0.29, 0.717) is 53.1 Å². The molecule has 0 aliphatic carbocycles. The lowest BCUT2D eigenvalue weighted by Gasteiger charge is -2.13. The minimum atomic E-state index is -0.864. The van der Waals surface area contributed by atoms with Gasteiger partial charge in [0, 0.05) is 36.3 Å². The van der Waals surface area contributed by atoms with E-state index in [1.165, 1.54) is 4.57 Å². The molecule has 2 atom stereocenters. The van der Waals surface area contributed by atoms with Gasteiger partial charge in [0.15, 0.2) is 5.82 Å². The molecule has 2 aromatic heterocycles. The van der Waals surface area contributed by atoms with Crippen LogP contribution in [0.1, 0.15) is 36.9 Å². The van der Waals surface area contributed by atoms with Crippen molar-refractivity contribution in [2.45, 2.75) is 38.3 Å². The van der Waals surface area contributed by atoms with Crippen LogP contribution in [0.4, 0.5) is 4.39 Å². The number of fused-ring (bicyclic) bond motifs is 1. The number of hydrogen-bond donors (Lipinski definition) is 5. The highest BCUT2D eigenvalue weighted by molar-refractivity contribution is 6.31. The monoisotopic (exact) mass is 539 g/mol. The standard InChI is InChI=1S/C27H31ClFN7O2/c1-15(31)3-2-4-16-11-20(23(29)21(28)12-16)22-13-18-14-36(27(38)35-25(18)34-22)19-7-5-17(6-8-19)24(32)26(37)33-10-9-30/h5-8,11-15,24H,2-4,9-10,30-32H2,1H3,(H,33,37)(H,34,35,38)/t15-,24-/m0/s1. The zero-order chi connectivity index (χ0) is 27.4. The van der Waals surface area contributed by atoms with E-state index in [2.05, 4.69) is 15.3 Å². The molecule has 2 heterocycles. The first-order valence-electron chi connectivity index (χ1n) is 12.4. The Bertz CT molecular complexity index is 1500. The van der Waals surface area contributed by atoms with Crippen LogP contribution < -0.4 is 28.2 Å². The maximum atomic E-state index is 15.0. The molecule has 9 nitrogen and oxygen atoms in total. The average molecular weight is 540 g/mol. The van der Waals surface area contributed by atoms with Crippen LogP contribution in [0.3, 0.4) is 0 Å². The zero-order valence-corrected chi connectivity index (χ0v) is 21.8. The maximum absolute atomic E-state index is 15.0. The lowest BCUT2D eigenvalue weighted by Crippen LogP contribution is -2.36. The molecule has 200 valence electrons. The highest BCUT2D eigenvalue weighted by Crippen LogP contribution is 2.31. The number of nitrogens with zero attached hydrogens (tertiary/aromatic N) is 2. The second-order valence-corrected chi connectivity index (χ2v) is 9.75.